The van der Waals surface area contributed by atoms with Crippen LogP contribution in [0.15, 0.2) is 36.0 Å². The Labute approximate surface area is 161 Å². The van der Waals surface area contributed by atoms with E-state index in [0.29, 0.717) is 0 Å². The van der Waals surface area contributed by atoms with Crippen LogP contribution in [0.1, 0.15) is 26.3 Å². The van der Waals surface area contributed by atoms with Crippen molar-refractivity contribution in [3.8, 4) is 10.3 Å². The summed E-state index contributed by atoms with van der Waals surface area (Å²) < 4.78 is 3.91. The second kappa shape index (κ2) is 9.99. The van der Waals surface area contributed by atoms with Gasteiger partial charge >= 0.3 is 162 Å². The van der Waals surface area contributed by atoms with E-state index in [-0.39, 0.29) is 0 Å². The summed E-state index contributed by atoms with van der Waals surface area (Å²) in [5, 5.41) is 4.10. The van der Waals surface area contributed by atoms with E-state index in [9.17, 15) is 0 Å². The van der Waals surface area contributed by atoms with Crippen LogP contribution in [0.5, 0.6) is 0 Å². The Balaban J connectivity index is 2.73. The molecule has 0 heterocycles. The zero-order valence-corrected chi connectivity index (χ0v) is 21.7. The molecule has 0 nitrogen and oxygen atoms in total. The third-order valence-electron chi connectivity index (χ3n) is 5.62. The van der Waals surface area contributed by atoms with Crippen LogP contribution >= 0.6 is 0 Å². The van der Waals surface area contributed by atoms with Gasteiger partial charge in [-0.15, -0.1) is 0 Å². The Hall–Kier alpha value is -0.503. The van der Waals surface area contributed by atoms with Gasteiger partial charge in [-0.3, -0.25) is 0 Å². The van der Waals surface area contributed by atoms with Crippen molar-refractivity contribution < 1.29 is 0 Å². The minimum absolute atomic E-state index is 1.29. The first-order valence-corrected chi connectivity index (χ1v) is 22.0. The number of rotatable bonds is 8. The molecule has 0 bridgehead atoms. The molecule has 3 heteroatoms. The van der Waals surface area contributed by atoms with Crippen molar-refractivity contribution in [2.45, 2.75) is 74.8 Å². The molecule has 0 unspecified atom stereocenters. The molecule has 25 heavy (non-hydrogen) atoms. The van der Waals surface area contributed by atoms with E-state index < -0.39 is 29.4 Å². The molecule has 0 spiro atoms. The van der Waals surface area contributed by atoms with E-state index in [1.165, 1.54) is 33.4 Å². The molecule has 1 aromatic rings. The molecule has 0 saturated heterocycles. The topological polar surface area (TPSA) is 0 Å². The molecule has 0 aliphatic rings. The Morgan fingerprint density at radius 3 is 1.96 bits per heavy atom. The van der Waals surface area contributed by atoms with Crippen LogP contribution in [0.3, 0.4) is 0 Å². The molecule has 0 aliphatic heterocycles. The van der Waals surface area contributed by atoms with Crippen molar-refractivity contribution in [1.29, 1.82) is 0 Å². The molecule has 0 amide bonds. The molecular formula is C22H38GeSi2. The fourth-order valence-corrected chi connectivity index (χ4v) is 17.7. The van der Waals surface area contributed by atoms with Crippen LogP contribution in [0.2, 0.25) is 54.0 Å². The van der Waals surface area contributed by atoms with Gasteiger partial charge in [-0.2, -0.15) is 0 Å². The molecule has 0 aromatic heterocycles. The standard InChI is InChI=1S/C22H38GeSi2/c1-8-23(9-2,10-3)17-19-25(6,7)21-20-24(4,5)18-16-22-14-12-11-13-15-22/h11-16,18H,8-10,20-21H2,1-7H3/b18-16+. The normalized spacial score (nSPS) is 12.9. The quantitative estimate of drug-likeness (QED) is 0.301. The van der Waals surface area contributed by atoms with Gasteiger partial charge in [-0.1, -0.05) is 0 Å². The summed E-state index contributed by atoms with van der Waals surface area (Å²) in [7, 11) is -2.69. The third-order valence-corrected chi connectivity index (χ3v) is 21.4. The molecule has 0 radical (unpaired) electrons. The number of hydrogen-bond acceptors (Lipinski definition) is 0. The van der Waals surface area contributed by atoms with Crippen LogP contribution in [0.25, 0.3) is 6.08 Å². The van der Waals surface area contributed by atoms with E-state index in [1.807, 2.05) is 0 Å². The van der Waals surface area contributed by atoms with Crippen molar-refractivity contribution in [2.24, 2.45) is 0 Å². The van der Waals surface area contributed by atoms with E-state index in [4.69, 9.17) is 0 Å². The van der Waals surface area contributed by atoms with Gasteiger partial charge in [0.25, 0.3) is 0 Å². The first-order chi connectivity index (χ1) is 11.7. The van der Waals surface area contributed by atoms with Gasteiger partial charge in [0.05, 0.1) is 0 Å². The van der Waals surface area contributed by atoms with Gasteiger partial charge in [0.2, 0.25) is 0 Å². The molecule has 1 rings (SSSR count). The zero-order chi connectivity index (χ0) is 19.0. The van der Waals surface area contributed by atoms with Crippen LogP contribution in [-0.2, 0) is 0 Å². The van der Waals surface area contributed by atoms with Gasteiger partial charge in [-0.05, 0) is 0 Å². The van der Waals surface area contributed by atoms with Crippen LogP contribution in [0, 0.1) is 10.3 Å². The van der Waals surface area contributed by atoms with Crippen molar-refractivity contribution >= 4 is 35.5 Å². The zero-order valence-electron chi connectivity index (χ0n) is 17.6. The fraction of sp³-hybridized carbons (Fsp3) is 0.545. The molecule has 0 aliphatic carbocycles. The predicted octanol–water partition coefficient (Wildman–Crippen LogP) is 7.25. The first kappa shape index (κ1) is 22.5. The minimum atomic E-state index is -1.83. The van der Waals surface area contributed by atoms with Crippen molar-refractivity contribution in [3.05, 3.63) is 41.6 Å². The SMILES string of the molecule is C[CH2][Ge]([C]#C[Si](C)(C)CC[Si](C)(C)/C=C/c1ccccc1)([CH2]C)[CH2]C. The maximum atomic E-state index is 3.91. The summed E-state index contributed by atoms with van der Waals surface area (Å²) in [6.07, 6.45) is 2.33. The second-order valence-corrected chi connectivity index (χ2v) is 28.4. The summed E-state index contributed by atoms with van der Waals surface area (Å²) >= 11 is -1.83. The molecule has 0 atom stereocenters. The average Bonchev–Trinajstić information content (AvgIpc) is 2.61. The number of benzene rings is 1. The average molecular weight is 431 g/mol. The molecule has 0 N–H and O–H groups in total. The van der Waals surface area contributed by atoms with E-state index in [2.05, 4.69) is 99.4 Å². The Morgan fingerprint density at radius 2 is 1.44 bits per heavy atom. The molecule has 1 aromatic carbocycles. The van der Waals surface area contributed by atoms with Gasteiger partial charge in [-0.25, -0.2) is 0 Å². The first-order valence-electron chi connectivity index (χ1n) is 9.96. The molecule has 0 saturated carbocycles. The molecule has 0 fully saturated rings. The second-order valence-electron chi connectivity index (χ2n) is 8.71. The Kier molecular flexibility index (Phi) is 9.01. The van der Waals surface area contributed by atoms with Crippen molar-refractivity contribution in [1.82, 2.24) is 0 Å². The summed E-state index contributed by atoms with van der Waals surface area (Å²) in [4.78, 5) is 0. The van der Waals surface area contributed by atoms with Gasteiger partial charge in [0, 0.05) is 0 Å². The monoisotopic (exact) mass is 432 g/mol. The molecular weight excluding hydrogens is 393 g/mol. The van der Waals surface area contributed by atoms with E-state index >= 15 is 0 Å². The maximum absolute atomic E-state index is 3.91. The summed E-state index contributed by atoms with van der Waals surface area (Å²) in [5.74, 6) is 0. The Morgan fingerprint density at radius 1 is 0.880 bits per heavy atom. The Bertz CT molecular complexity index is 594. The third kappa shape index (κ3) is 8.15. The fourth-order valence-electron chi connectivity index (χ4n) is 2.98. The van der Waals surface area contributed by atoms with Crippen molar-refractivity contribution in [2.75, 3.05) is 0 Å². The predicted molar refractivity (Wildman–Crippen MR) is 125 cm³/mol. The van der Waals surface area contributed by atoms with Crippen LogP contribution in [-0.4, -0.2) is 29.4 Å². The van der Waals surface area contributed by atoms with E-state index in [0.717, 1.165) is 0 Å². The van der Waals surface area contributed by atoms with Gasteiger partial charge < -0.3 is 0 Å². The van der Waals surface area contributed by atoms with Gasteiger partial charge in [0.1, 0.15) is 0 Å². The van der Waals surface area contributed by atoms with Crippen LogP contribution in [0.4, 0.5) is 0 Å². The summed E-state index contributed by atoms with van der Waals surface area (Å²) in [6, 6.07) is 13.4. The summed E-state index contributed by atoms with van der Waals surface area (Å²) in [5.41, 5.74) is 7.71. The van der Waals surface area contributed by atoms with Gasteiger partial charge in [0.15, 0.2) is 0 Å². The number of hydrogen-bond donors (Lipinski definition) is 0. The van der Waals surface area contributed by atoms with E-state index in [1.54, 1.807) is 0 Å². The summed E-state index contributed by atoms with van der Waals surface area (Å²) in [6.45, 7) is 17.1. The molecule has 138 valence electrons. The van der Waals surface area contributed by atoms with Crippen molar-refractivity contribution in [3.63, 3.8) is 0 Å². The van der Waals surface area contributed by atoms with Crippen LogP contribution < -0.4 is 0 Å².